The Labute approximate surface area is 184 Å². The molecule has 0 spiro atoms. The van der Waals surface area contributed by atoms with Crippen LogP contribution in [0.3, 0.4) is 0 Å². The first kappa shape index (κ1) is 22.7. The van der Waals surface area contributed by atoms with Crippen LogP contribution in [-0.2, 0) is 6.18 Å². The molecule has 3 amide bonds. The summed E-state index contributed by atoms with van der Waals surface area (Å²) in [5.74, 6) is -0.134. The number of carbonyl (C=O) groups excluding carboxylic acids is 2. The molecule has 2 aromatic heterocycles. The monoisotopic (exact) mass is 466 g/mol. The van der Waals surface area contributed by atoms with E-state index in [1.54, 1.807) is 0 Å². The lowest BCUT2D eigenvalue weighted by molar-refractivity contribution is -0.137. The van der Waals surface area contributed by atoms with Gasteiger partial charge in [0.25, 0.3) is 5.91 Å². The molecule has 0 radical (unpaired) electrons. The number of benzene rings is 1. The standard InChI is InChI=1S/C19H14ClF3N6O3/c1-24-16(30)15-7-12(4-5-25-15)32-18-26-8-11(9-27-18)29-17(31)28-10-2-3-14(20)13(6-10)19(21,22)23/h2-9H,1H3,(H,24,30)(H2,28,29,31). The minimum Gasteiger partial charge on any atom is -0.424 e. The van der Waals surface area contributed by atoms with Crippen molar-refractivity contribution in [1.29, 1.82) is 0 Å². The van der Waals surface area contributed by atoms with Crippen LogP contribution in [0.5, 0.6) is 11.8 Å². The van der Waals surface area contributed by atoms with E-state index < -0.39 is 28.7 Å². The maximum Gasteiger partial charge on any atom is 0.417 e. The zero-order valence-electron chi connectivity index (χ0n) is 16.2. The van der Waals surface area contributed by atoms with Crippen molar-refractivity contribution >= 4 is 34.9 Å². The second-order valence-corrected chi connectivity index (χ2v) is 6.49. The molecular weight excluding hydrogens is 453 g/mol. The predicted molar refractivity (Wildman–Crippen MR) is 109 cm³/mol. The Morgan fingerprint density at radius 1 is 1.00 bits per heavy atom. The maximum absolute atomic E-state index is 12.9. The normalized spacial score (nSPS) is 10.9. The summed E-state index contributed by atoms with van der Waals surface area (Å²) < 4.78 is 44.2. The molecule has 0 unspecified atom stereocenters. The first-order chi connectivity index (χ1) is 15.2. The zero-order valence-corrected chi connectivity index (χ0v) is 17.0. The summed E-state index contributed by atoms with van der Waals surface area (Å²) in [5, 5.41) is 6.59. The number of ether oxygens (including phenoxy) is 1. The van der Waals surface area contributed by atoms with Crippen molar-refractivity contribution in [2.75, 3.05) is 17.7 Å². The smallest absolute Gasteiger partial charge is 0.417 e. The van der Waals surface area contributed by atoms with Crippen LogP contribution in [0.2, 0.25) is 5.02 Å². The molecule has 0 saturated carbocycles. The summed E-state index contributed by atoms with van der Waals surface area (Å²) in [6.07, 6.45) is -0.830. The van der Waals surface area contributed by atoms with Gasteiger partial charge in [-0.2, -0.15) is 13.2 Å². The minimum absolute atomic E-state index is 0.0717. The lowest BCUT2D eigenvalue weighted by atomic mass is 10.2. The summed E-state index contributed by atoms with van der Waals surface area (Å²) in [4.78, 5) is 35.4. The fourth-order valence-corrected chi connectivity index (χ4v) is 2.60. The fourth-order valence-electron chi connectivity index (χ4n) is 2.38. The highest BCUT2D eigenvalue weighted by Crippen LogP contribution is 2.36. The van der Waals surface area contributed by atoms with Gasteiger partial charge in [0.15, 0.2) is 0 Å². The summed E-state index contributed by atoms with van der Waals surface area (Å²) in [5.41, 5.74) is -0.890. The Hall–Kier alpha value is -3.93. The molecule has 0 fully saturated rings. The molecule has 0 saturated heterocycles. The van der Waals surface area contributed by atoms with E-state index in [9.17, 15) is 22.8 Å². The summed E-state index contributed by atoms with van der Waals surface area (Å²) in [7, 11) is 1.46. The van der Waals surface area contributed by atoms with Crippen molar-refractivity contribution in [3.05, 3.63) is 65.2 Å². The molecule has 0 aliphatic rings. The number of halogens is 4. The van der Waals surface area contributed by atoms with E-state index in [-0.39, 0.29) is 28.8 Å². The fraction of sp³-hybridized carbons (Fsp3) is 0.105. The van der Waals surface area contributed by atoms with Gasteiger partial charge in [0.1, 0.15) is 11.4 Å². The van der Waals surface area contributed by atoms with Crippen LogP contribution in [0.25, 0.3) is 0 Å². The number of carbonyl (C=O) groups is 2. The van der Waals surface area contributed by atoms with Crippen LogP contribution in [0.4, 0.5) is 29.3 Å². The second kappa shape index (κ2) is 9.47. The molecule has 13 heteroatoms. The van der Waals surface area contributed by atoms with Crippen molar-refractivity contribution in [1.82, 2.24) is 20.3 Å². The summed E-state index contributed by atoms with van der Waals surface area (Å²) in [6, 6.07) is 4.98. The van der Waals surface area contributed by atoms with E-state index in [2.05, 4.69) is 30.9 Å². The molecule has 3 aromatic rings. The Morgan fingerprint density at radius 2 is 1.69 bits per heavy atom. The Bertz CT molecular complexity index is 1140. The molecule has 32 heavy (non-hydrogen) atoms. The number of hydrogen-bond acceptors (Lipinski definition) is 6. The number of amides is 3. The van der Waals surface area contributed by atoms with Gasteiger partial charge < -0.3 is 20.7 Å². The van der Waals surface area contributed by atoms with Gasteiger partial charge in [0, 0.05) is 25.0 Å². The lowest BCUT2D eigenvalue weighted by Gasteiger charge is -2.12. The number of alkyl halides is 3. The van der Waals surface area contributed by atoms with Crippen LogP contribution in [0, 0.1) is 0 Å². The molecule has 166 valence electrons. The number of aromatic nitrogens is 3. The first-order valence-electron chi connectivity index (χ1n) is 8.78. The summed E-state index contributed by atoms with van der Waals surface area (Å²) >= 11 is 5.55. The number of hydrogen-bond donors (Lipinski definition) is 3. The van der Waals surface area contributed by atoms with Crippen LogP contribution >= 0.6 is 11.6 Å². The number of urea groups is 1. The van der Waals surface area contributed by atoms with Gasteiger partial charge in [0.05, 0.1) is 28.7 Å². The third-order valence-electron chi connectivity index (χ3n) is 3.82. The zero-order chi connectivity index (χ0) is 23.3. The molecule has 0 atom stereocenters. The largest absolute Gasteiger partial charge is 0.424 e. The van der Waals surface area contributed by atoms with Gasteiger partial charge in [-0.15, -0.1) is 0 Å². The third-order valence-corrected chi connectivity index (χ3v) is 4.15. The third kappa shape index (κ3) is 5.82. The number of anilines is 2. The van der Waals surface area contributed by atoms with Gasteiger partial charge in [0.2, 0.25) is 0 Å². The van der Waals surface area contributed by atoms with Crippen molar-refractivity contribution < 1.29 is 27.5 Å². The molecule has 2 heterocycles. The highest BCUT2D eigenvalue weighted by molar-refractivity contribution is 6.31. The lowest BCUT2D eigenvalue weighted by Crippen LogP contribution is -2.20. The molecule has 1 aromatic carbocycles. The Morgan fingerprint density at radius 3 is 2.34 bits per heavy atom. The highest BCUT2D eigenvalue weighted by Gasteiger charge is 2.33. The number of nitrogens with one attached hydrogen (secondary N) is 3. The van der Waals surface area contributed by atoms with E-state index in [1.165, 1.54) is 43.8 Å². The van der Waals surface area contributed by atoms with E-state index in [0.717, 1.165) is 12.1 Å². The first-order valence-corrected chi connectivity index (χ1v) is 9.16. The quantitative estimate of drug-likeness (QED) is 0.515. The van der Waals surface area contributed by atoms with Gasteiger partial charge in [-0.25, -0.2) is 14.8 Å². The average molecular weight is 467 g/mol. The Balaban J connectivity index is 1.62. The van der Waals surface area contributed by atoms with Crippen molar-refractivity contribution in [2.45, 2.75) is 6.18 Å². The van der Waals surface area contributed by atoms with Crippen LogP contribution in [-0.4, -0.2) is 33.9 Å². The number of pyridine rings is 1. The van der Waals surface area contributed by atoms with Crippen LogP contribution < -0.4 is 20.7 Å². The van der Waals surface area contributed by atoms with Crippen molar-refractivity contribution in [2.24, 2.45) is 0 Å². The summed E-state index contributed by atoms with van der Waals surface area (Å²) in [6.45, 7) is 0. The predicted octanol–water partition coefficient (Wildman–Crippen LogP) is 4.34. The topological polar surface area (TPSA) is 118 Å². The minimum atomic E-state index is -4.66. The van der Waals surface area contributed by atoms with E-state index in [0.29, 0.717) is 0 Å². The molecule has 3 N–H and O–H groups in total. The molecule has 3 rings (SSSR count). The molecule has 0 aliphatic heterocycles. The number of rotatable bonds is 5. The second-order valence-electron chi connectivity index (χ2n) is 6.08. The maximum atomic E-state index is 12.9. The van der Waals surface area contributed by atoms with Gasteiger partial charge >= 0.3 is 18.2 Å². The average Bonchev–Trinajstić information content (AvgIpc) is 2.75. The molecule has 9 nitrogen and oxygen atoms in total. The van der Waals surface area contributed by atoms with E-state index in [4.69, 9.17) is 16.3 Å². The van der Waals surface area contributed by atoms with Gasteiger partial charge in [-0.1, -0.05) is 11.6 Å². The number of nitrogens with zero attached hydrogens (tertiary/aromatic N) is 3. The van der Waals surface area contributed by atoms with Crippen LogP contribution in [0.1, 0.15) is 16.1 Å². The molecular formula is C19H14ClF3N6O3. The molecule has 0 bridgehead atoms. The van der Waals surface area contributed by atoms with Gasteiger partial charge in [-0.05, 0) is 24.3 Å². The van der Waals surface area contributed by atoms with Gasteiger partial charge in [-0.3, -0.25) is 9.78 Å². The van der Waals surface area contributed by atoms with E-state index in [1.807, 2.05) is 0 Å². The van der Waals surface area contributed by atoms with Crippen LogP contribution in [0.15, 0.2) is 48.9 Å². The van der Waals surface area contributed by atoms with Crippen molar-refractivity contribution in [3.8, 4) is 11.8 Å². The van der Waals surface area contributed by atoms with E-state index >= 15 is 0 Å². The van der Waals surface area contributed by atoms with Crippen molar-refractivity contribution in [3.63, 3.8) is 0 Å². The molecule has 0 aliphatic carbocycles. The SMILES string of the molecule is CNC(=O)c1cc(Oc2ncc(NC(=O)Nc3ccc(Cl)c(C(F)(F)F)c3)cn2)ccn1. The Kier molecular flexibility index (Phi) is 6.73. The highest BCUT2D eigenvalue weighted by atomic mass is 35.5.